The van der Waals surface area contributed by atoms with Gasteiger partial charge in [-0.2, -0.15) is 0 Å². The topological polar surface area (TPSA) is 54.5 Å². The first-order valence-corrected chi connectivity index (χ1v) is 8.46. The molecule has 0 saturated carbocycles. The summed E-state index contributed by atoms with van der Waals surface area (Å²) in [6.45, 7) is 11.8. The minimum atomic E-state index is -0.517. The number of nitrogens with zero attached hydrogens (tertiary/aromatic N) is 1. The highest BCUT2D eigenvalue weighted by Crippen LogP contribution is 2.40. The van der Waals surface area contributed by atoms with Crippen LogP contribution < -0.4 is 4.90 Å². The number of anilines is 1. The standard InChI is InChI=1S/C20H27NO3/c1-13(2)16-11-17(23)21(18(16)24)15-9-7-14(8-10-15)20(5,6)19(3,4)12-22/h7-10,12-13,16H,11H2,1-6H3. The number of amides is 2. The molecule has 2 rings (SSSR count). The van der Waals surface area contributed by atoms with Crippen LogP contribution in [0.5, 0.6) is 0 Å². The van der Waals surface area contributed by atoms with E-state index in [9.17, 15) is 14.4 Å². The summed E-state index contributed by atoms with van der Waals surface area (Å²) in [6.07, 6.45) is 1.25. The molecule has 1 aromatic rings. The maximum atomic E-state index is 12.5. The summed E-state index contributed by atoms with van der Waals surface area (Å²) in [5.74, 6) is -0.338. The molecule has 0 bridgehead atoms. The van der Waals surface area contributed by atoms with Crippen LogP contribution in [0.4, 0.5) is 5.69 Å². The fraction of sp³-hybridized carbons (Fsp3) is 0.550. The van der Waals surface area contributed by atoms with E-state index in [1.807, 2.05) is 53.7 Å². The SMILES string of the molecule is CC(C)C1CC(=O)N(c2ccc(C(C)(C)C(C)(C)C=O)cc2)C1=O. The highest BCUT2D eigenvalue weighted by molar-refractivity contribution is 6.21. The van der Waals surface area contributed by atoms with E-state index < -0.39 is 5.41 Å². The average Bonchev–Trinajstić information content (AvgIpc) is 2.82. The zero-order chi connectivity index (χ0) is 18.3. The lowest BCUT2D eigenvalue weighted by Crippen LogP contribution is -2.38. The summed E-state index contributed by atoms with van der Waals surface area (Å²) < 4.78 is 0. The summed E-state index contributed by atoms with van der Waals surface area (Å²) >= 11 is 0. The summed E-state index contributed by atoms with van der Waals surface area (Å²) in [6, 6.07) is 7.42. The summed E-state index contributed by atoms with van der Waals surface area (Å²) in [7, 11) is 0. The molecule has 130 valence electrons. The molecule has 1 unspecified atom stereocenters. The van der Waals surface area contributed by atoms with Crippen molar-refractivity contribution in [3.63, 3.8) is 0 Å². The minimum Gasteiger partial charge on any atom is -0.303 e. The second-order valence-electron chi connectivity index (χ2n) is 8.13. The molecule has 24 heavy (non-hydrogen) atoms. The maximum absolute atomic E-state index is 12.5. The predicted octanol–water partition coefficient (Wildman–Crippen LogP) is 3.72. The van der Waals surface area contributed by atoms with Crippen LogP contribution in [0.25, 0.3) is 0 Å². The van der Waals surface area contributed by atoms with E-state index in [-0.39, 0.29) is 35.5 Å². The van der Waals surface area contributed by atoms with Crippen molar-refractivity contribution in [2.45, 2.75) is 53.4 Å². The Morgan fingerprint density at radius 2 is 1.62 bits per heavy atom. The molecule has 0 aliphatic carbocycles. The fourth-order valence-corrected chi connectivity index (χ4v) is 2.99. The number of hydrogen-bond donors (Lipinski definition) is 0. The highest BCUT2D eigenvalue weighted by Gasteiger charge is 2.41. The number of carbonyl (C=O) groups excluding carboxylic acids is 3. The molecule has 1 saturated heterocycles. The normalized spacial score (nSPS) is 19.3. The highest BCUT2D eigenvalue weighted by atomic mass is 16.2. The van der Waals surface area contributed by atoms with Gasteiger partial charge in [-0.3, -0.25) is 14.5 Å². The van der Waals surface area contributed by atoms with Crippen molar-refractivity contribution in [2.75, 3.05) is 4.90 Å². The van der Waals surface area contributed by atoms with E-state index in [4.69, 9.17) is 0 Å². The van der Waals surface area contributed by atoms with Crippen molar-refractivity contribution in [3.05, 3.63) is 29.8 Å². The van der Waals surface area contributed by atoms with Gasteiger partial charge < -0.3 is 4.79 Å². The molecule has 1 fully saturated rings. The number of carbonyl (C=O) groups is 3. The van der Waals surface area contributed by atoms with E-state index in [2.05, 4.69) is 0 Å². The Bertz CT molecular complexity index is 656. The van der Waals surface area contributed by atoms with Gasteiger partial charge in [0, 0.05) is 17.3 Å². The van der Waals surface area contributed by atoms with Gasteiger partial charge in [0.2, 0.25) is 11.8 Å². The molecule has 1 aliphatic rings. The van der Waals surface area contributed by atoms with Gasteiger partial charge in [-0.05, 0) is 23.6 Å². The Morgan fingerprint density at radius 1 is 1.08 bits per heavy atom. The monoisotopic (exact) mass is 329 g/mol. The second-order valence-corrected chi connectivity index (χ2v) is 8.13. The van der Waals surface area contributed by atoms with Crippen molar-refractivity contribution in [3.8, 4) is 0 Å². The van der Waals surface area contributed by atoms with Gasteiger partial charge in [-0.1, -0.05) is 53.7 Å². The van der Waals surface area contributed by atoms with Gasteiger partial charge in [-0.15, -0.1) is 0 Å². The van der Waals surface area contributed by atoms with Gasteiger partial charge in [0.1, 0.15) is 6.29 Å². The van der Waals surface area contributed by atoms with E-state index in [0.717, 1.165) is 11.8 Å². The Hall–Kier alpha value is -1.97. The number of imide groups is 1. The molecule has 4 heteroatoms. The van der Waals surface area contributed by atoms with Crippen LogP contribution in [0.3, 0.4) is 0 Å². The summed E-state index contributed by atoms with van der Waals surface area (Å²) in [5, 5.41) is 0. The van der Waals surface area contributed by atoms with Crippen molar-refractivity contribution < 1.29 is 14.4 Å². The van der Waals surface area contributed by atoms with Crippen LogP contribution in [0.1, 0.15) is 53.5 Å². The lowest BCUT2D eigenvalue weighted by molar-refractivity contribution is -0.123. The zero-order valence-corrected chi connectivity index (χ0v) is 15.4. The Kier molecular flexibility index (Phi) is 4.71. The number of hydrogen-bond acceptors (Lipinski definition) is 3. The van der Waals surface area contributed by atoms with Crippen LogP contribution in [0.2, 0.25) is 0 Å². The number of benzene rings is 1. The van der Waals surface area contributed by atoms with E-state index in [1.54, 1.807) is 12.1 Å². The summed E-state index contributed by atoms with van der Waals surface area (Å²) in [4.78, 5) is 37.5. The fourth-order valence-electron chi connectivity index (χ4n) is 2.99. The molecule has 1 heterocycles. The van der Waals surface area contributed by atoms with Crippen LogP contribution in [0.15, 0.2) is 24.3 Å². The Balaban J connectivity index is 2.32. The van der Waals surface area contributed by atoms with E-state index in [1.165, 1.54) is 4.90 Å². The zero-order valence-electron chi connectivity index (χ0n) is 15.4. The minimum absolute atomic E-state index is 0.116. The van der Waals surface area contributed by atoms with Crippen molar-refractivity contribution >= 4 is 23.8 Å². The first-order chi connectivity index (χ1) is 11.0. The van der Waals surface area contributed by atoms with Crippen molar-refractivity contribution in [1.82, 2.24) is 0 Å². The van der Waals surface area contributed by atoms with Crippen LogP contribution in [0, 0.1) is 17.3 Å². The third-order valence-corrected chi connectivity index (χ3v) is 5.74. The quantitative estimate of drug-likeness (QED) is 0.611. The molecule has 1 aliphatic heterocycles. The third kappa shape index (κ3) is 2.90. The Morgan fingerprint density at radius 3 is 2.04 bits per heavy atom. The van der Waals surface area contributed by atoms with Gasteiger partial charge in [0.05, 0.1) is 11.6 Å². The molecule has 2 amide bonds. The predicted molar refractivity (Wildman–Crippen MR) is 94.8 cm³/mol. The number of aldehydes is 1. The van der Waals surface area contributed by atoms with E-state index >= 15 is 0 Å². The molecule has 1 atom stereocenters. The lowest BCUT2D eigenvalue weighted by atomic mass is 9.65. The molecule has 0 aromatic heterocycles. The second kappa shape index (κ2) is 6.15. The van der Waals surface area contributed by atoms with Gasteiger partial charge in [0.25, 0.3) is 0 Å². The largest absolute Gasteiger partial charge is 0.303 e. The first-order valence-electron chi connectivity index (χ1n) is 8.46. The molecule has 4 nitrogen and oxygen atoms in total. The van der Waals surface area contributed by atoms with Gasteiger partial charge in [0.15, 0.2) is 0 Å². The van der Waals surface area contributed by atoms with Gasteiger partial charge >= 0.3 is 0 Å². The third-order valence-electron chi connectivity index (χ3n) is 5.74. The molecule has 1 aromatic carbocycles. The van der Waals surface area contributed by atoms with E-state index in [0.29, 0.717) is 5.69 Å². The average molecular weight is 329 g/mol. The molecular weight excluding hydrogens is 302 g/mol. The first kappa shape index (κ1) is 18.4. The van der Waals surface area contributed by atoms with Crippen LogP contribution in [-0.2, 0) is 19.8 Å². The molecule has 0 N–H and O–H groups in total. The molecular formula is C20H27NO3. The van der Waals surface area contributed by atoms with Crippen LogP contribution >= 0.6 is 0 Å². The van der Waals surface area contributed by atoms with Crippen LogP contribution in [-0.4, -0.2) is 18.1 Å². The maximum Gasteiger partial charge on any atom is 0.237 e. The van der Waals surface area contributed by atoms with Crippen molar-refractivity contribution in [1.29, 1.82) is 0 Å². The Labute approximate surface area is 144 Å². The molecule has 0 spiro atoms. The smallest absolute Gasteiger partial charge is 0.237 e. The lowest BCUT2D eigenvalue weighted by Gasteiger charge is -2.38. The summed E-state index contributed by atoms with van der Waals surface area (Å²) in [5.41, 5.74) is 0.739. The van der Waals surface area contributed by atoms with Crippen molar-refractivity contribution in [2.24, 2.45) is 17.3 Å². The number of rotatable bonds is 5. The van der Waals surface area contributed by atoms with Gasteiger partial charge in [-0.25, -0.2) is 0 Å². The molecule has 0 radical (unpaired) electrons.